The number of halogens is 1. The van der Waals surface area contributed by atoms with E-state index in [9.17, 15) is 19.7 Å². The second kappa shape index (κ2) is 7.30. The van der Waals surface area contributed by atoms with Crippen LogP contribution in [0.2, 0.25) is 5.02 Å². The first-order chi connectivity index (χ1) is 10.9. The predicted molar refractivity (Wildman–Crippen MR) is 87.2 cm³/mol. The van der Waals surface area contributed by atoms with E-state index in [-0.39, 0.29) is 35.0 Å². The summed E-state index contributed by atoms with van der Waals surface area (Å²) in [5.74, 6) is -0.578. The Labute approximate surface area is 140 Å². The molecule has 0 atom stereocenters. The quantitative estimate of drug-likeness (QED) is 0.486. The molecule has 1 N–H and O–H groups in total. The van der Waals surface area contributed by atoms with Crippen molar-refractivity contribution in [2.24, 2.45) is 0 Å². The van der Waals surface area contributed by atoms with Gasteiger partial charge in [-0.2, -0.15) is 4.37 Å². The summed E-state index contributed by atoms with van der Waals surface area (Å²) >= 11 is 6.59. The lowest BCUT2D eigenvalue weighted by Crippen LogP contribution is -2.07. The van der Waals surface area contributed by atoms with Crippen LogP contribution in [0.25, 0.3) is 0 Å². The number of Topliss-reactive ketones (excluding diaryl/α,β-unsaturated/α-hetero) is 1. The number of amides is 1. The van der Waals surface area contributed by atoms with Crippen molar-refractivity contribution in [1.82, 2.24) is 4.37 Å². The molecule has 1 aromatic heterocycles. The molecule has 120 valence electrons. The maximum atomic E-state index is 12.1. The van der Waals surface area contributed by atoms with Gasteiger partial charge in [0.2, 0.25) is 5.91 Å². The fraction of sp³-hybridized carbons (Fsp3) is 0.214. The van der Waals surface area contributed by atoms with Crippen molar-refractivity contribution >= 4 is 45.5 Å². The Morgan fingerprint density at radius 1 is 1.35 bits per heavy atom. The summed E-state index contributed by atoms with van der Waals surface area (Å²) in [6.07, 6.45) is 0.194. The van der Waals surface area contributed by atoms with E-state index in [1.54, 1.807) is 24.3 Å². The highest BCUT2D eigenvalue weighted by Gasteiger charge is 2.25. The number of aromatic nitrogens is 1. The molecular weight excluding hydrogens is 342 g/mol. The summed E-state index contributed by atoms with van der Waals surface area (Å²) in [5.41, 5.74) is 0.412. The van der Waals surface area contributed by atoms with Gasteiger partial charge in [0, 0.05) is 30.4 Å². The lowest BCUT2D eigenvalue weighted by molar-refractivity contribution is -0.384. The number of nitrogens with one attached hydrogen (secondary N) is 1. The van der Waals surface area contributed by atoms with E-state index in [2.05, 4.69) is 9.69 Å². The van der Waals surface area contributed by atoms with Crippen LogP contribution in [0.4, 0.5) is 10.7 Å². The number of carbonyl (C=O) groups excluding carboxylic acids is 2. The number of benzene rings is 1. The van der Waals surface area contributed by atoms with Crippen LogP contribution in [0.5, 0.6) is 0 Å². The highest BCUT2D eigenvalue weighted by atomic mass is 35.5. The lowest BCUT2D eigenvalue weighted by Gasteiger charge is -2.01. The van der Waals surface area contributed by atoms with Crippen LogP contribution >= 0.6 is 23.1 Å². The van der Waals surface area contributed by atoms with Crippen molar-refractivity contribution < 1.29 is 14.5 Å². The SMILES string of the molecule is CC(=O)Nc1snc(CCC(=O)c2ccc(Cl)cc2)c1[N+](=O)[O-]. The van der Waals surface area contributed by atoms with Crippen molar-refractivity contribution in [3.63, 3.8) is 0 Å². The fourth-order valence-electron chi connectivity index (χ4n) is 1.92. The summed E-state index contributed by atoms with van der Waals surface area (Å²) < 4.78 is 3.98. The molecule has 0 aliphatic carbocycles. The molecule has 0 spiro atoms. The molecule has 0 saturated carbocycles. The number of rotatable bonds is 6. The van der Waals surface area contributed by atoms with E-state index in [1.807, 2.05) is 0 Å². The highest BCUT2D eigenvalue weighted by molar-refractivity contribution is 7.11. The minimum absolute atomic E-state index is 0.0751. The molecule has 0 unspecified atom stereocenters. The topological polar surface area (TPSA) is 102 Å². The highest BCUT2D eigenvalue weighted by Crippen LogP contribution is 2.33. The minimum atomic E-state index is -0.600. The molecule has 0 aliphatic heterocycles. The van der Waals surface area contributed by atoms with Gasteiger partial charge in [-0.3, -0.25) is 19.7 Å². The molecule has 1 amide bonds. The zero-order chi connectivity index (χ0) is 17.0. The van der Waals surface area contributed by atoms with Crippen LogP contribution in [0.15, 0.2) is 24.3 Å². The maximum absolute atomic E-state index is 12.1. The summed E-state index contributed by atoms with van der Waals surface area (Å²) in [6.45, 7) is 1.26. The smallest absolute Gasteiger partial charge is 0.311 e. The number of carbonyl (C=O) groups is 2. The fourth-order valence-corrected chi connectivity index (χ4v) is 2.90. The van der Waals surface area contributed by atoms with Crippen LogP contribution in [-0.2, 0) is 11.2 Å². The van der Waals surface area contributed by atoms with Gasteiger partial charge >= 0.3 is 5.69 Å². The molecule has 23 heavy (non-hydrogen) atoms. The first-order valence-corrected chi connectivity index (χ1v) is 7.73. The molecule has 0 saturated heterocycles. The second-order valence-corrected chi connectivity index (χ2v) is 5.89. The summed E-state index contributed by atoms with van der Waals surface area (Å²) in [7, 11) is 0. The first-order valence-electron chi connectivity index (χ1n) is 6.57. The van der Waals surface area contributed by atoms with Gasteiger partial charge in [0.15, 0.2) is 10.8 Å². The van der Waals surface area contributed by atoms with Gasteiger partial charge in [-0.1, -0.05) is 11.6 Å². The number of aryl methyl sites for hydroxylation is 1. The van der Waals surface area contributed by atoms with E-state index in [1.165, 1.54) is 6.92 Å². The molecule has 1 heterocycles. The van der Waals surface area contributed by atoms with Crippen molar-refractivity contribution in [3.05, 3.63) is 50.7 Å². The standard InChI is InChI=1S/C14H12ClN3O4S/c1-8(19)16-14-13(18(21)22)11(17-23-14)6-7-12(20)9-2-4-10(15)5-3-9/h2-5H,6-7H2,1H3,(H,16,19). The number of nitro groups is 1. The normalized spacial score (nSPS) is 10.3. The summed E-state index contributed by atoms with van der Waals surface area (Å²) in [5, 5.41) is 14.1. The van der Waals surface area contributed by atoms with E-state index in [4.69, 9.17) is 11.6 Å². The largest absolute Gasteiger partial charge is 0.326 e. The molecule has 0 aliphatic rings. The molecule has 1 aromatic carbocycles. The van der Waals surface area contributed by atoms with Crippen LogP contribution < -0.4 is 5.32 Å². The molecule has 7 nitrogen and oxygen atoms in total. The van der Waals surface area contributed by atoms with Gasteiger partial charge in [0.05, 0.1) is 4.92 Å². The third-order valence-electron chi connectivity index (χ3n) is 2.96. The van der Waals surface area contributed by atoms with Crippen molar-refractivity contribution in [3.8, 4) is 0 Å². The average molecular weight is 354 g/mol. The van der Waals surface area contributed by atoms with Crippen LogP contribution in [-0.4, -0.2) is 21.0 Å². The molecular formula is C14H12ClN3O4S. The Balaban J connectivity index is 2.12. The minimum Gasteiger partial charge on any atom is -0.311 e. The average Bonchev–Trinajstić information content (AvgIpc) is 2.87. The zero-order valence-electron chi connectivity index (χ0n) is 12.0. The third-order valence-corrected chi connectivity index (χ3v) is 4.00. The van der Waals surface area contributed by atoms with Crippen molar-refractivity contribution in [2.45, 2.75) is 19.8 Å². The monoisotopic (exact) mass is 353 g/mol. The van der Waals surface area contributed by atoms with Crippen LogP contribution in [0.1, 0.15) is 29.4 Å². The van der Waals surface area contributed by atoms with E-state index in [0.29, 0.717) is 10.6 Å². The molecule has 0 radical (unpaired) electrons. The Morgan fingerprint density at radius 3 is 2.57 bits per heavy atom. The predicted octanol–water partition coefficient (Wildman–Crippen LogP) is 3.48. The van der Waals surface area contributed by atoms with E-state index >= 15 is 0 Å². The van der Waals surface area contributed by atoms with E-state index < -0.39 is 10.8 Å². The van der Waals surface area contributed by atoms with Gasteiger partial charge in [0.1, 0.15) is 5.69 Å². The summed E-state index contributed by atoms with van der Waals surface area (Å²) in [6, 6.07) is 6.41. The van der Waals surface area contributed by atoms with Gasteiger partial charge in [-0.15, -0.1) is 0 Å². The molecule has 0 bridgehead atoms. The van der Waals surface area contributed by atoms with Crippen molar-refractivity contribution in [2.75, 3.05) is 5.32 Å². The number of ketones is 1. The van der Waals surface area contributed by atoms with Crippen molar-refractivity contribution in [1.29, 1.82) is 0 Å². The van der Waals surface area contributed by atoms with Gasteiger partial charge in [-0.05, 0) is 35.8 Å². The zero-order valence-corrected chi connectivity index (χ0v) is 13.6. The number of nitrogens with zero attached hydrogens (tertiary/aromatic N) is 2. The number of hydrogen-bond acceptors (Lipinski definition) is 6. The Morgan fingerprint density at radius 2 is 2.00 bits per heavy atom. The Bertz CT molecular complexity index is 758. The van der Waals surface area contributed by atoms with Gasteiger partial charge in [0.25, 0.3) is 0 Å². The maximum Gasteiger partial charge on any atom is 0.326 e. The first kappa shape index (κ1) is 17.0. The Kier molecular flexibility index (Phi) is 5.41. The summed E-state index contributed by atoms with van der Waals surface area (Å²) in [4.78, 5) is 33.7. The van der Waals surface area contributed by atoms with E-state index in [0.717, 1.165) is 11.5 Å². The van der Waals surface area contributed by atoms with Crippen LogP contribution in [0, 0.1) is 10.1 Å². The molecule has 9 heteroatoms. The molecule has 2 aromatic rings. The number of anilines is 1. The number of hydrogen-bond donors (Lipinski definition) is 1. The van der Waals surface area contributed by atoms with Gasteiger partial charge < -0.3 is 5.32 Å². The Hall–Kier alpha value is -2.32. The molecule has 2 rings (SSSR count). The lowest BCUT2D eigenvalue weighted by atomic mass is 10.1. The van der Waals surface area contributed by atoms with Crippen LogP contribution in [0.3, 0.4) is 0 Å². The van der Waals surface area contributed by atoms with Gasteiger partial charge in [-0.25, -0.2) is 0 Å². The third kappa shape index (κ3) is 4.33. The molecule has 0 fully saturated rings. The second-order valence-electron chi connectivity index (χ2n) is 4.68.